The first kappa shape index (κ1) is 20.6. The van der Waals surface area contributed by atoms with Crippen molar-refractivity contribution in [1.82, 2.24) is 10.0 Å². The van der Waals surface area contributed by atoms with Crippen LogP contribution in [0.25, 0.3) is 0 Å². The SMILES string of the molecule is CCNS(=O)(=O)c1ccc(C(=O)Nc2ccccc2C(=O)NC(C)C)cc1. The van der Waals surface area contributed by atoms with Gasteiger partial charge in [0.25, 0.3) is 11.8 Å². The Bertz CT molecular complexity index is 922. The van der Waals surface area contributed by atoms with Crippen molar-refractivity contribution >= 4 is 27.5 Å². The van der Waals surface area contributed by atoms with Crippen molar-refractivity contribution in [1.29, 1.82) is 0 Å². The van der Waals surface area contributed by atoms with E-state index in [0.29, 0.717) is 11.3 Å². The molecule has 0 aliphatic rings. The number of para-hydroxylation sites is 1. The van der Waals surface area contributed by atoms with Gasteiger partial charge < -0.3 is 10.6 Å². The second-order valence-electron chi connectivity index (χ2n) is 6.15. The first-order valence-electron chi connectivity index (χ1n) is 8.55. The molecule has 0 fully saturated rings. The molecule has 2 aromatic rings. The highest BCUT2D eigenvalue weighted by molar-refractivity contribution is 7.89. The average Bonchev–Trinajstić information content (AvgIpc) is 2.61. The molecule has 144 valence electrons. The third-order valence-electron chi connectivity index (χ3n) is 3.60. The number of carbonyl (C=O) groups excluding carboxylic acids is 2. The lowest BCUT2D eigenvalue weighted by atomic mass is 10.1. The van der Waals surface area contributed by atoms with Crippen molar-refractivity contribution in [2.75, 3.05) is 11.9 Å². The molecule has 0 aromatic heterocycles. The third kappa shape index (κ3) is 5.38. The highest BCUT2D eigenvalue weighted by Crippen LogP contribution is 2.17. The summed E-state index contributed by atoms with van der Waals surface area (Å²) in [5.41, 5.74) is 1.01. The van der Waals surface area contributed by atoms with Gasteiger partial charge in [0.15, 0.2) is 0 Å². The molecule has 0 aliphatic heterocycles. The Kier molecular flexibility index (Phi) is 6.70. The van der Waals surface area contributed by atoms with E-state index in [1.54, 1.807) is 31.2 Å². The molecule has 27 heavy (non-hydrogen) atoms. The molecule has 0 unspecified atom stereocenters. The second-order valence-corrected chi connectivity index (χ2v) is 7.92. The van der Waals surface area contributed by atoms with Gasteiger partial charge in [0.05, 0.1) is 16.1 Å². The minimum Gasteiger partial charge on any atom is -0.350 e. The molecule has 0 saturated carbocycles. The zero-order valence-corrected chi connectivity index (χ0v) is 16.3. The molecule has 8 heteroatoms. The smallest absolute Gasteiger partial charge is 0.255 e. The van der Waals surface area contributed by atoms with E-state index in [2.05, 4.69) is 15.4 Å². The zero-order chi connectivity index (χ0) is 20.0. The molecule has 7 nitrogen and oxygen atoms in total. The molecular formula is C19H23N3O4S. The standard InChI is InChI=1S/C19H23N3O4S/c1-4-20-27(25,26)15-11-9-14(10-12-15)18(23)22-17-8-6-5-7-16(17)19(24)21-13(2)3/h5-13,20H,4H2,1-3H3,(H,21,24)(H,22,23). The van der Waals surface area contributed by atoms with Crippen LogP contribution in [-0.4, -0.2) is 32.8 Å². The summed E-state index contributed by atoms with van der Waals surface area (Å²) in [5, 5.41) is 5.48. The molecule has 0 saturated heterocycles. The predicted octanol–water partition coefficient (Wildman–Crippen LogP) is 2.38. The fraction of sp³-hybridized carbons (Fsp3) is 0.263. The first-order chi connectivity index (χ1) is 12.7. The van der Waals surface area contributed by atoms with Gasteiger partial charge in [0.1, 0.15) is 0 Å². The summed E-state index contributed by atoms with van der Waals surface area (Å²) >= 11 is 0. The van der Waals surface area contributed by atoms with Gasteiger partial charge in [0.2, 0.25) is 10.0 Å². The van der Waals surface area contributed by atoms with Crippen molar-refractivity contribution in [2.24, 2.45) is 0 Å². The largest absolute Gasteiger partial charge is 0.350 e. The highest BCUT2D eigenvalue weighted by Gasteiger charge is 2.16. The van der Waals surface area contributed by atoms with Crippen LogP contribution in [0.4, 0.5) is 5.69 Å². The van der Waals surface area contributed by atoms with Gasteiger partial charge >= 0.3 is 0 Å². The Morgan fingerprint density at radius 2 is 1.59 bits per heavy atom. The normalized spacial score (nSPS) is 11.3. The van der Waals surface area contributed by atoms with Gasteiger partial charge in [-0.3, -0.25) is 9.59 Å². The Morgan fingerprint density at radius 3 is 2.19 bits per heavy atom. The lowest BCUT2D eigenvalue weighted by Crippen LogP contribution is -2.31. The minimum atomic E-state index is -3.58. The Hall–Kier alpha value is -2.71. The van der Waals surface area contributed by atoms with Crippen LogP contribution in [0.1, 0.15) is 41.5 Å². The fourth-order valence-electron chi connectivity index (χ4n) is 2.38. The summed E-state index contributed by atoms with van der Waals surface area (Å²) in [6.45, 7) is 5.66. The molecule has 2 rings (SSSR count). The summed E-state index contributed by atoms with van der Waals surface area (Å²) < 4.78 is 26.3. The first-order valence-corrected chi connectivity index (χ1v) is 10.0. The van der Waals surface area contributed by atoms with E-state index in [0.717, 1.165) is 0 Å². The summed E-state index contributed by atoms with van der Waals surface area (Å²) in [6, 6.07) is 12.2. The van der Waals surface area contributed by atoms with Crippen LogP contribution in [0, 0.1) is 0 Å². The minimum absolute atomic E-state index is 0.0347. The van der Waals surface area contributed by atoms with Crippen LogP contribution in [0.5, 0.6) is 0 Å². The summed E-state index contributed by atoms with van der Waals surface area (Å²) in [6.07, 6.45) is 0. The lowest BCUT2D eigenvalue weighted by molar-refractivity contribution is 0.0944. The number of amides is 2. The quantitative estimate of drug-likeness (QED) is 0.676. The highest BCUT2D eigenvalue weighted by atomic mass is 32.2. The predicted molar refractivity (Wildman–Crippen MR) is 104 cm³/mol. The van der Waals surface area contributed by atoms with E-state index in [-0.39, 0.29) is 29.0 Å². The summed E-state index contributed by atoms with van der Waals surface area (Å²) in [7, 11) is -3.58. The van der Waals surface area contributed by atoms with Gasteiger partial charge in [-0.1, -0.05) is 19.1 Å². The lowest BCUT2D eigenvalue weighted by Gasteiger charge is -2.13. The molecule has 3 N–H and O–H groups in total. The van der Waals surface area contributed by atoms with Crippen LogP contribution in [-0.2, 0) is 10.0 Å². The monoisotopic (exact) mass is 389 g/mol. The maximum absolute atomic E-state index is 12.5. The number of nitrogens with one attached hydrogen (secondary N) is 3. The summed E-state index contributed by atoms with van der Waals surface area (Å²) in [4.78, 5) is 24.8. The molecule has 2 aromatic carbocycles. The fourth-order valence-corrected chi connectivity index (χ4v) is 3.42. The second kappa shape index (κ2) is 8.79. The molecule has 0 aliphatic carbocycles. The van der Waals surface area contributed by atoms with Gasteiger partial charge in [-0.05, 0) is 50.2 Å². The average molecular weight is 389 g/mol. The van der Waals surface area contributed by atoms with E-state index in [1.807, 2.05) is 13.8 Å². The van der Waals surface area contributed by atoms with Crippen LogP contribution >= 0.6 is 0 Å². The van der Waals surface area contributed by atoms with Crippen LogP contribution in [0.2, 0.25) is 0 Å². The van der Waals surface area contributed by atoms with E-state index >= 15 is 0 Å². The van der Waals surface area contributed by atoms with Gasteiger partial charge in [-0.2, -0.15) is 0 Å². The Labute approximate surface area is 159 Å². The van der Waals surface area contributed by atoms with Gasteiger partial charge in [0, 0.05) is 18.2 Å². The molecule has 0 bridgehead atoms. The number of hydrogen-bond donors (Lipinski definition) is 3. The van der Waals surface area contributed by atoms with E-state index in [9.17, 15) is 18.0 Å². The van der Waals surface area contributed by atoms with Gasteiger partial charge in [-0.15, -0.1) is 0 Å². The maximum atomic E-state index is 12.5. The maximum Gasteiger partial charge on any atom is 0.255 e. The molecule has 2 amide bonds. The van der Waals surface area contributed by atoms with E-state index in [1.165, 1.54) is 24.3 Å². The van der Waals surface area contributed by atoms with Crippen LogP contribution < -0.4 is 15.4 Å². The van der Waals surface area contributed by atoms with Gasteiger partial charge in [-0.25, -0.2) is 13.1 Å². The number of hydrogen-bond acceptors (Lipinski definition) is 4. The third-order valence-corrected chi connectivity index (χ3v) is 5.16. The van der Waals surface area contributed by atoms with E-state index in [4.69, 9.17) is 0 Å². The number of benzene rings is 2. The van der Waals surface area contributed by atoms with Crippen molar-refractivity contribution in [2.45, 2.75) is 31.7 Å². The van der Waals surface area contributed by atoms with Crippen molar-refractivity contribution in [3.63, 3.8) is 0 Å². The summed E-state index contributed by atoms with van der Waals surface area (Å²) in [5.74, 6) is -0.722. The van der Waals surface area contributed by atoms with Crippen LogP contribution in [0.3, 0.4) is 0 Å². The Balaban J connectivity index is 2.20. The molecule has 0 radical (unpaired) electrons. The zero-order valence-electron chi connectivity index (χ0n) is 15.4. The number of rotatable bonds is 7. The molecular weight excluding hydrogens is 366 g/mol. The molecule has 0 heterocycles. The van der Waals surface area contributed by atoms with E-state index < -0.39 is 15.9 Å². The number of sulfonamides is 1. The van der Waals surface area contributed by atoms with Crippen LogP contribution in [0.15, 0.2) is 53.4 Å². The molecule has 0 atom stereocenters. The topological polar surface area (TPSA) is 104 Å². The Morgan fingerprint density at radius 1 is 0.963 bits per heavy atom. The van der Waals surface area contributed by atoms with Crippen molar-refractivity contribution in [3.05, 3.63) is 59.7 Å². The van der Waals surface area contributed by atoms with Crippen molar-refractivity contribution in [3.8, 4) is 0 Å². The molecule has 0 spiro atoms. The van der Waals surface area contributed by atoms with Crippen molar-refractivity contribution < 1.29 is 18.0 Å². The number of anilines is 1. The number of carbonyl (C=O) groups is 2.